The van der Waals surface area contributed by atoms with Crippen LogP contribution in [0.1, 0.15) is 46.7 Å². The predicted molar refractivity (Wildman–Crippen MR) is 82.1 cm³/mol. The molecule has 1 amide bonds. The summed E-state index contributed by atoms with van der Waals surface area (Å²) in [5, 5.41) is 21.9. The molecule has 0 radical (unpaired) electrons. The second-order valence-corrected chi connectivity index (χ2v) is 6.85. The molecule has 1 heterocycles. The predicted octanol–water partition coefficient (Wildman–Crippen LogP) is 2.26. The van der Waals surface area contributed by atoms with Gasteiger partial charge in [-0.05, 0) is 17.7 Å². The molecular formula is C15H19N3O2S. The van der Waals surface area contributed by atoms with E-state index in [-0.39, 0.29) is 17.9 Å². The van der Waals surface area contributed by atoms with E-state index in [9.17, 15) is 4.79 Å². The Morgan fingerprint density at radius 3 is 2.71 bits per heavy atom. The maximum absolute atomic E-state index is 12.1. The Labute approximate surface area is 128 Å². The number of rotatable bonds is 4. The van der Waals surface area contributed by atoms with Gasteiger partial charge in [0.1, 0.15) is 10.0 Å². The van der Waals surface area contributed by atoms with Crippen LogP contribution in [0.5, 0.6) is 0 Å². The van der Waals surface area contributed by atoms with Crippen LogP contribution in [-0.2, 0) is 18.6 Å². The number of nitrogens with zero attached hydrogens (tertiary/aromatic N) is 2. The molecule has 5 nitrogen and oxygen atoms in total. The third-order valence-corrected chi connectivity index (χ3v) is 4.23. The van der Waals surface area contributed by atoms with Gasteiger partial charge in [0.15, 0.2) is 0 Å². The maximum Gasteiger partial charge on any atom is 0.251 e. The molecule has 0 aliphatic carbocycles. The molecule has 0 bridgehead atoms. The Balaban J connectivity index is 1.99. The number of carbonyl (C=O) groups is 1. The molecule has 0 fully saturated rings. The van der Waals surface area contributed by atoms with E-state index in [1.807, 2.05) is 0 Å². The van der Waals surface area contributed by atoms with Crippen molar-refractivity contribution in [3.05, 3.63) is 45.4 Å². The second kappa shape index (κ2) is 6.32. The van der Waals surface area contributed by atoms with Crippen molar-refractivity contribution in [2.75, 3.05) is 0 Å². The van der Waals surface area contributed by atoms with E-state index >= 15 is 0 Å². The molecule has 0 unspecified atom stereocenters. The van der Waals surface area contributed by atoms with Crippen LogP contribution in [0.2, 0.25) is 0 Å². The van der Waals surface area contributed by atoms with E-state index in [2.05, 4.69) is 36.3 Å². The lowest BCUT2D eigenvalue weighted by Crippen LogP contribution is -2.22. The molecule has 6 heteroatoms. The van der Waals surface area contributed by atoms with Crippen LogP contribution in [0.25, 0.3) is 0 Å². The van der Waals surface area contributed by atoms with Gasteiger partial charge in [0.05, 0.1) is 13.2 Å². The first-order valence-corrected chi connectivity index (χ1v) is 7.52. The number of hydrogen-bond acceptors (Lipinski definition) is 5. The van der Waals surface area contributed by atoms with E-state index < -0.39 is 0 Å². The van der Waals surface area contributed by atoms with Crippen LogP contribution >= 0.6 is 11.3 Å². The van der Waals surface area contributed by atoms with E-state index in [1.54, 1.807) is 24.3 Å². The van der Waals surface area contributed by atoms with Gasteiger partial charge < -0.3 is 10.4 Å². The smallest absolute Gasteiger partial charge is 0.251 e. The second-order valence-electron chi connectivity index (χ2n) is 5.79. The number of nitrogens with one attached hydrogen (secondary N) is 1. The lowest BCUT2D eigenvalue weighted by atomic mass is 9.98. The number of aliphatic hydroxyl groups is 1. The largest absolute Gasteiger partial charge is 0.392 e. The Bertz CT molecular complexity index is 632. The van der Waals surface area contributed by atoms with Gasteiger partial charge in [0, 0.05) is 11.0 Å². The van der Waals surface area contributed by atoms with Crippen molar-refractivity contribution < 1.29 is 9.90 Å². The fourth-order valence-corrected chi connectivity index (χ4v) is 2.53. The van der Waals surface area contributed by atoms with E-state index in [4.69, 9.17) is 5.11 Å². The topological polar surface area (TPSA) is 75.1 Å². The fraction of sp³-hybridized carbons (Fsp3) is 0.400. The average Bonchev–Trinajstić information content (AvgIpc) is 2.94. The summed E-state index contributed by atoms with van der Waals surface area (Å²) in [4.78, 5) is 12.1. The van der Waals surface area contributed by atoms with Crippen LogP contribution in [0.4, 0.5) is 0 Å². The number of carbonyl (C=O) groups excluding carboxylic acids is 1. The molecule has 112 valence electrons. The zero-order chi connectivity index (χ0) is 15.5. The van der Waals surface area contributed by atoms with Crippen molar-refractivity contribution in [1.29, 1.82) is 0 Å². The molecule has 0 aliphatic heterocycles. The zero-order valence-corrected chi connectivity index (χ0v) is 13.2. The van der Waals surface area contributed by atoms with Crippen molar-refractivity contribution >= 4 is 17.2 Å². The molecule has 2 N–H and O–H groups in total. The van der Waals surface area contributed by atoms with Crippen molar-refractivity contribution in [3.63, 3.8) is 0 Å². The van der Waals surface area contributed by atoms with Gasteiger partial charge in [-0.25, -0.2) is 0 Å². The molecule has 1 aromatic heterocycles. The molecule has 0 saturated heterocycles. The Hall–Kier alpha value is -1.79. The first-order valence-electron chi connectivity index (χ1n) is 6.71. The lowest BCUT2D eigenvalue weighted by Gasteiger charge is -2.12. The highest BCUT2D eigenvalue weighted by Gasteiger charge is 2.19. The van der Waals surface area contributed by atoms with Crippen LogP contribution in [0.3, 0.4) is 0 Å². The lowest BCUT2D eigenvalue weighted by molar-refractivity contribution is 0.0950. The molecule has 0 aliphatic rings. The van der Waals surface area contributed by atoms with Gasteiger partial charge in [-0.15, -0.1) is 10.2 Å². The summed E-state index contributed by atoms with van der Waals surface area (Å²) >= 11 is 1.51. The van der Waals surface area contributed by atoms with Crippen molar-refractivity contribution in [2.45, 2.75) is 39.3 Å². The monoisotopic (exact) mass is 305 g/mol. The third kappa shape index (κ3) is 4.09. The average molecular weight is 305 g/mol. The van der Waals surface area contributed by atoms with Gasteiger partial charge >= 0.3 is 0 Å². The summed E-state index contributed by atoms with van der Waals surface area (Å²) in [6, 6.07) is 6.92. The summed E-state index contributed by atoms with van der Waals surface area (Å²) in [7, 11) is 0. The Morgan fingerprint density at radius 2 is 2.10 bits per heavy atom. The van der Waals surface area contributed by atoms with Gasteiger partial charge in [0.2, 0.25) is 0 Å². The van der Waals surface area contributed by atoms with Gasteiger partial charge in [-0.2, -0.15) is 0 Å². The quantitative estimate of drug-likeness (QED) is 0.908. The fourth-order valence-electron chi connectivity index (χ4n) is 1.70. The summed E-state index contributed by atoms with van der Waals surface area (Å²) in [5.74, 6) is -0.183. The van der Waals surface area contributed by atoms with E-state index in [1.165, 1.54) is 11.3 Å². The summed E-state index contributed by atoms with van der Waals surface area (Å²) < 4.78 is 0. The summed E-state index contributed by atoms with van der Waals surface area (Å²) in [6.45, 7) is 6.52. The molecule has 1 aromatic carbocycles. The molecule has 21 heavy (non-hydrogen) atoms. The number of hydrogen-bond donors (Lipinski definition) is 2. The maximum atomic E-state index is 12.1. The van der Waals surface area contributed by atoms with Crippen molar-refractivity contribution in [3.8, 4) is 0 Å². The minimum Gasteiger partial charge on any atom is -0.392 e. The van der Waals surface area contributed by atoms with E-state index in [0.29, 0.717) is 17.7 Å². The molecular weight excluding hydrogens is 286 g/mol. The number of benzene rings is 1. The highest BCUT2D eigenvalue weighted by atomic mass is 32.1. The minimum atomic E-state index is -0.183. The molecule has 2 aromatic rings. The summed E-state index contributed by atoms with van der Waals surface area (Å²) in [6.07, 6.45) is 0. The molecule has 2 rings (SSSR count). The molecule has 0 spiro atoms. The number of amides is 1. The third-order valence-electron chi connectivity index (χ3n) is 2.88. The number of aromatic nitrogens is 2. The first kappa shape index (κ1) is 15.6. The number of aliphatic hydroxyl groups excluding tert-OH is 1. The molecule has 0 atom stereocenters. The van der Waals surface area contributed by atoms with Crippen molar-refractivity contribution in [2.24, 2.45) is 0 Å². The normalized spacial score (nSPS) is 11.4. The standard InChI is InChI=1S/C15H19N3O2S/c1-15(2,3)14-18-17-12(21-14)8-16-13(20)11-6-4-5-10(7-11)9-19/h4-7,19H,8-9H2,1-3H3,(H,16,20). The van der Waals surface area contributed by atoms with Crippen molar-refractivity contribution in [1.82, 2.24) is 15.5 Å². The van der Waals surface area contributed by atoms with E-state index in [0.717, 1.165) is 10.0 Å². The van der Waals surface area contributed by atoms with Crippen LogP contribution in [0, 0.1) is 0 Å². The highest BCUT2D eigenvalue weighted by molar-refractivity contribution is 7.11. The van der Waals surface area contributed by atoms with Crippen LogP contribution < -0.4 is 5.32 Å². The van der Waals surface area contributed by atoms with Gasteiger partial charge in [-0.1, -0.05) is 44.2 Å². The Kier molecular flexibility index (Phi) is 4.69. The Morgan fingerprint density at radius 1 is 1.33 bits per heavy atom. The molecule has 0 saturated carbocycles. The summed E-state index contributed by atoms with van der Waals surface area (Å²) in [5.41, 5.74) is 1.21. The zero-order valence-electron chi connectivity index (χ0n) is 12.4. The first-order chi connectivity index (χ1) is 9.90. The van der Waals surface area contributed by atoms with Crippen LogP contribution in [-0.4, -0.2) is 21.2 Å². The van der Waals surface area contributed by atoms with Gasteiger partial charge in [0.25, 0.3) is 5.91 Å². The SMILES string of the molecule is CC(C)(C)c1nnc(CNC(=O)c2cccc(CO)c2)s1. The van der Waals surface area contributed by atoms with Gasteiger partial charge in [-0.3, -0.25) is 4.79 Å². The minimum absolute atomic E-state index is 0.0324. The van der Waals surface area contributed by atoms with Crippen LogP contribution in [0.15, 0.2) is 24.3 Å². The highest BCUT2D eigenvalue weighted by Crippen LogP contribution is 2.25.